The van der Waals surface area contributed by atoms with E-state index in [2.05, 4.69) is 58.9 Å². The van der Waals surface area contributed by atoms with Crippen molar-refractivity contribution < 1.29 is 4.79 Å². The predicted molar refractivity (Wildman–Crippen MR) is 119 cm³/mol. The fourth-order valence-corrected chi connectivity index (χ4v) is 3.31. The van der Waals surface area contributed by atoms with E-state index in [0.717, 1.165) is 64.5 Å². The van der Waals surface area contributed by atoms with E-state index in [-0.39, 0.29) is 0 Å². The topological polar surface area (TPSA) is 20.3 Å². The summed E-state index contributed by atoms with van der Waals surface area (Å²) >= 11 is 0. The van der Waals surface area contributed by atoms with Crippen molar-refractivity contribution in [2.75, 3.05) is 13.1 Å². The highest BCUT2D eigenvalue weighted by molar-refractivity contribution is 5.76. The van der Waals surface area contributed by atoms with E-state index in [1.807, 2.05) is 4.90 Å². The minimum atomic E-state index is 0.324. The van der Waals surface area contributed by atoms with Gasteiger partial charge in [0.25, 0.3) is 0 Å². The molecule has 0 N–H and O–H groups in total. The Bertz CT molecular complexity index is 573. The van der Waals surface area contributed by atoms with Gasteiger partial charge in [0.1, 0.15) is 0 Å². The Morgan fingerprint density at radius 1 is 0.778 bits per heavy atom. The van der Waals surface area contributed by atoms with E-state index in [1.165, 1.54) is 28.7 Å². The van der Waals surface area contributed by atoms with Crippen LogP contribution in [0.4, 0.5) is 0 Å². The molecule has 2 nitrogen and oxygen atoms in total. The number of carbonyl (C=O) groups excluding carboxylic acids is 1. The SMILES string of the molecule is CC(C)=CCCC(C)=CCCC(C)=CCCC(C)=CCN1CCCCC1=O. The molecule has 1 aliphatic rings. The van der Waals surface area contributed by atoms with Crippen LogP contribution in [0.1, 0.15) is 92.4 Å². The molecule has 1 fully saturated rings. The average molecular weight is 372 g/mol. The summed E-state index contributed by atoms with van der Waals surface area (Å²) in [7, 11) is 0. The number of nitrogens with zero attached hydrogens (tertiary/aromatic N) is 1. The van der Waals surface area contributed by atoms with Crippen molar-refractivity contribution in [3.05, 3.63) is 46.6 Å². The lowest BCUT2D eigenvalue weighted by molar-refractivity contribution is -0.132. The molecule has 1 heterocycles. The Morgan fingerprint density at radius 2 is 1.30 bits per heavy atom. The van der Waals surface area contributed by atoms with Crippen LogP contribution in [0.5, 0.6) is 0 Å². The summed E-state index contributed by atoms with van der Waals surface area (Å²) in [6.45, 7) is 12.7. The lowest BCUT2D eigenvalue weighted by atomic mass is 10.0. The zero-order valence-corrected chi connectivity index (χ0v) is 18.4. The highest BCUT2D eigenvalue weighted by atomic mass is 16.2. The number of rotatable bonds is 11. The second-order valence-electron chi connectivity index (χ2n) is 8.35. The van der Waals surface area contributed by atoms with Crippen LogP contribution in [0, 0.1) is 0 Å². The third kappa shape index (κ3) is 11.7. The smallest absolute Gasteiger partial charge is 0.222 e. The Labute approximate surface area is 168 Å². The van der Waals surface area contributed by atoms with Crippen LogP contribution in [0.15, 0.2) is 46.6 Å². The summed E-state index contributed by atoms with van der Waals surface area (Å²) in [6, 6.07) is 0. The van der Waals surface area contributed by atoms with Crippen molar-refractivity contribution >= 4 is 5.91 Å². The van der Waals surface area contributed by atoms with E-state index in [9.17, 15) is 4.79 Å². The summed E-state index contributed by atoms with van der Waals surface area (Å²) < 4.78 is 0. The second-order valence-corrected chi connectivity index (χ2v) is 8.35. The highest BCUT2D eigenvalue weighted by Crippen LogP contribution is 2.14. The van der Waals surface area contributed by atoms with E-state index in [4.69, 9.17) is 0 Å². The summed E-state index contributed by atoms with van der Waals surface area (Å²) in [5, 5.41) is 0. The molecule has 1 aliphatic heterocycles. The van der Waals surface area contributed by atoms with Gasteiger partial charge in [-0.25, -0.2) is 0 Å². The van der Waals surface area contributed by atoms with Crippen LogP contribution in [-0.4, -0.2) is 23.9 Å². The van der Waals surface area contributed by atoms with Crippen LogP contribution >= 0.6 is 0 Å². The van der Waals surface area contributed by atoms with Gasteiger partial charge >= 0.3 is 0 Å². The largest absolute Gasteiger partial charge is 0.339 e. The Morgan fingerprint density at radius 3 is 1.81 bits per heavy atom. The molecule has 0 radical (unpaired) electrons. The maximum atomic E-state index is 11.8. The zero-order chi connectivity index (χ0) is 20.1. The van der Waals surface area contributed by atoms with Gasteiger partial charge in [0.2, 0.25) is 5.91 Å². The third-order valence-corrected chi connectivity index (χ3v) is 5.24. The van der Waals surface area contributed by atoms with Crippen LogP contribution in [0.2, 0.25) is 0 Å². The average Bonchev–Trinajstić information content (AvgIpc) is 2.60. The molecule has 1 saturated heterocycles. The van der Waals surface area contributed by atoms with Crippen molar-refractivity contribution in [3.63, 3.8) is 0 Å². The van der Waals surface area contributed by atoms with Gasteiger partial charge in [-0.1, -0.05) is 46.6 Å². The maximum absolute atomic E-state index is 11.8. The van der Waals surface area contributed by atoms with Crippen molar-refractivity contribution in [1.82, 2.24) is 4.90 Å². The number of hydrogen-bond donors (Lipinski definition) is 0. The standard InChI is InChI=1S/C25H41NO/c1-21(2)11-8-12-22(3)13-9-14-23(4)15-10-16-24(5)18-20-26-19-7-6-17-25(26)27/h11,13,15,18H,6-10,12,14,16-17,19-20H2,1-5H3. The van der Waals surface area contributed by atoms with Gasteiger partial charge in [0.05, 0.1) is 0 Å². The van der Waals surface area contributed by atoms with Gasteiger partial charge in [0, 0.05) is 19.5 Å². The number of carbonyl (C=O) groups is 1. The summed E-state index contributed by atoms with van der Waals surface area (Å²) in [5.41, 5.74) is 5.80. The van der Waals surface area contributed by atoms with Crippen molar-refractivity contribution in [1.29, 1.82) is 0 Å². The van der Waals surface area contributed by atoms with E-state index >= 15 is 0 Å². The molecular formula is C25H41NO. The molecule has 0 saturated carbocycles. The first kappa shape index (κ1) is 23.5. The molecular weight excluding hydrogens is 330 g/mol. The lowest BCUT2D eigenvalue weighted by Gasteiger charge is -2.25. The Kier molecular flexibility index (Phi) is 11.8. The van der Waals surface area contributed by atoms with Crippen molar-refractivity contribution in [2.45, 2.75) is 92.4 Å². The second kappa shape index (κ2) is 13.6. The van der Waals surface area contributed by atoms with Crippen molar-refractivity contribution in [2.24, 2.45) is 0 Å². The monoisotopic (exact) mass is 371 g/mol. The first-order valence-electron chi connectivity index (χ1n) is 10.8. The fourth-order valence-electron chi connectivity index (χ4n) is 3.31. The molecule has 0 aromatic rings. The molecule has 152 valence electrons. The third-order valence-electron chi connectivity index (χ3n) is 5.24. The Hall–Kier alpha value is -1.57. The summed E-state index contributed by atoms with van der Waals surface area (Å²) in [5.74, 6) is 0.324. The van der Waals surface area contributed by atoms with Gasteiger partial charge in [-0.05, 0) is 86.0 Å². The van der Waals surface area contributed by atoms with Crippen LogP contribution < -0.4 is 0 Å². The molecule has 0 spiro atoms. The molecule has 0 atom stereocenters. The summed E-state index contributed by atoms with van der Waals surface area (Å²) in [6.07, 6.45) is 19.1. The van der Waals surface area contributed by atoms with E-state index < -0.39 is 0 Å². The minimum Gasteiger partial charge on any atom is -0.339 e. The maximum Gasteiger partial charge on any atom is 0.222 e. The van der Waals surface area contributed by atoms with Crippen molar-refractivity contribution in [3.8, 4) is 0 Å². The normalized spacial score (nSPS) is 16.7. The molecule has 0 aromatic carbocycles. The number of piperidine rings is 1. The molecule has 0 aromatic heterocycles. The van der Waals surface area contributed by atoms with Gasteiger partial charge in [-0.15, -0.1) is 0 Å². The van der Waals surface area contributed by atoms with Gasteiger partial charge in [-0.2, -0.15) is 0 Å². The number of likely N-dealkylation sites (tertiary alicyclic amines) is 1. The molecule has 2 heteroatoms. The summed E-state index contributed by atoms with van der Waals surface area (Å²) in [4.78, 5) is 13.8. The van der Waals surface area contributed by atoms with Crippen LogP contribution in [-0.2, 0) is 4.79 Å². The molecule has 0 unspecified atom stereocenters. The molecule has 27 heavy (non-hydrogen) atoms. The molecule has 0 bridgehead atoms. The number of hydrogen-bond acceptors (Lipinski definition) is 1. The number of amides is 1. The lowest BCUT2D eigenvalue weighted by Crippen LogP contribution is -2.35. The van der Waals surface area contributed by atoms with E-state index in [0.29, 0.717) is 5.91 Å². The van der Waals surface area contributed by atoms with Crippen LogP contribution in [0.3, 0.4) is 0 Å². The first-order valence-corrected chi connectivity index (χ1v) is 10.8. The zero-order valence-electron chi connectivity index (χ0n) is 18.4. The van der Waals surface area contributed by atoms with Crippen LogP contribution in [0.25, 0.3) is 0 Å². The van der Waals surface area contributed by atoms with Gasteiger partial charge in [0.15, 0.2) is 0 Å². The molecule has 1 rings (SSSR count). The molecule has 0 aliphatic carbocycles. The van der Waals surface area contributed by atoms with Gasteiger partial charge in [-0.3, -0.25) is 4.79 Å². The fraction of sp³-hybridized carbons (Fsp3) is 0.640. The quantitative estimate of drug-likeness (QED) is 0.353. The highest BCUT2D eigenvalue weighted by Gasteiger charge is 2.16. The van der Waals surface area contributed by atoms with Gasteiger partial charge < -0.3 is 4.90 Å². The number of allylic oxidation sites excluding steroid dienone is 7. The predicted octanol–water partition coefficient (Wildman–Crippen LogP) is 7.14. The van der Waals surface area contributed by atoms with E-state index in [1.54, 1.807) is 0 Å². The first-order chi connectivity index (χ1) is 12.9. The molecule has 1 amide bonds. The minimum absolute atomic E-state index is 0.324. The Balaban J connectivity index is 2.24.